The molecule has 0 bridgehead atoms. The number of rotatable bonds is 3. The number of fused-ring (bicyclic) bond motifs is 1. The summed E-state index contributed by atoms with van der Waals surface area (Å²) in [6, 6.07) is 3.28. The number of carboxylic acid groups (broad SMARTS) is 1. The molecule has 1 amide bonds. The van der Waals surface area contributed by atoms with E-state index >= 15 is 0 Å². The smallest absolute Gasteiger partial charge is 0.257 e. The molecule has 2 aromatic heterocycles. The Labute approximate surface area is 119 Å². The lowest BCUT2D eigenvalue weighted by atomic mass is 10.1. The highest BCUT2D eigenvalue weighted by Crippen LogP contribution is 2.38. The molecule has 0 saturated heterocycles. The molecule has 0 saturated carbocycles. The topological polar surface area (TPSA) is 82.1 Å². The van der Waals surface area contributed by atoms with Crippen LogP contribution >= 0.6 is 11.3 Å². The third-order valence-electron chi connectivity index (χ3n) is 3.28. The Morgan fingerprint density at radius 2 is 2.20 bits per heavy atom. The van der Waals surface area contributed by atoms with E-state index in [9.17, 15) is 14.7 Å². The van der Waals surface area contributed by atoms with Crippen molar-refractivity contribution in [2.24, 2.45) is 0 Å². The molecular formula is C14H11N2O3S-. The van der Waals surface area contributed by atoms with Gasteiger partial charge in [0.1, 0.15) is 5.00 Å². The Kier molecular flexibility index (Phi) is 3.23. The number of amides is 1. The highest BCUT2D eigenvalue weighted by atomic mass is 32.1. The van der Waals surface area contributed by atoms with E-state index in [1.807, 2.05) is 0 Å². The van der Waals surface area contributed by atoms with Crippen molar-refractivity contribution in [2.45, 2.75) is 19.3 Å². The van der Waals surface area contributed by atoms with Gasteiger partial charge in [-0.05, 0) is 37.0 Å². The molecule has 3 rings (SSSR count). The van der Waals surface area contributed by atoms with E-state index in [-0.39, 0.29) is 11.5 Å². The van der Waals surface area contributed by atoms with Gasteiger partial charge in [-0.15, -0.1) is 11.3 Å². The zero-order chi connectivity index (χ0) is 14.1. The fourth-order valence-electron chi connectivity index (χ4n) is 2.38. The van der Waals surface area contributed by atoms with Crippen molar-refractivity contribution in [1.29, 1.82) is 0 Å². The number of anilines is 1. The summed E-state index contributed by atoms with van der Waals surface area (Å²) in [7, 11) is 0. The van der Waals surface area contributed by atoms with E-state index in [1.165, 1.54) is 17.5 Å². The lowest BCUT2D eigenvalue weighted by Gasteiger charge is -2.08. The van der Waals surface area contributed by atoms with Gasteiger partial charge in [-0.25, -0.2) is 0 Å². The second-order valence-electron chi connectivity index (χ2n) is 4.54. The van der Waals surface area contributed by atoms with Gasteiger partial charge in [0.05, 0.1) is 11.5 Å². The number of nitrogens with zero attached hydrogens (tertiary/aromatic N) is 1. The van der Waals surface area contributed by atoms with Crippen molar-refractivity contribution in [3.63, 3.8) is 0 Å². The van der Waals surface area contributed by atoms with E-state index in [4.69, 9.17) is 0 Å². The van der Waals surface area contributed by atoms with Gasteiger partial charge in [-0.2, -0.15) is 0 Å². The van der Waals surface area contributed by atoms with Crippen molar-refractivity contribution in [2.75, 3.05) is 5.32 Å². The maximum Gasteiger partial charge on any atom is 0.257 e. The summed E-state index contributed by atoms with van der Waals surface area (Å²) < 4.78 is 0. The van der Waals surface area contributed by atoms with E-state index in [0.29, 0.717) is 10.6 Å². The van der Waals surface area contributed by atoms with Crippen molar-refractivity contribution >= 4 is 28.2 Å². The number of thiophene rings is 1. The molecular weight excluding hydrogens is 276 g/mol. The minimum atomic E-state index is -1.23. The second-order valence-corrected chi connectivity index (χ2v) is 5.65. The number of aromatic nitrogens is 1. The maximum atomic E-state index is 12.1. The lowest BCUT2D eigenvalue weighted by molar-refractivity contribution is -0.254. The molecule has 20 heavy (non-hydrogen) atoms. The monoisotopic (exact) mass is 287 g/mol. The van der Waals surface area contributed by atoms with E-state index in [2.05, 4.69) is 10.3 Å². The van der Waals surface area contributed by atoms with Gasteiger partial charge < -0.3 is 15.2 Å². The van der Waals surface area contributed by atoms with Gasteiger partial charge in [-0.3, -0.25) is 9.78 Å². The molecule has 5 nitrogen and oxygen atoms in total. The van der Waals surface area contributed by atoms with Crippen LogP contribution in [0.4, 0.5) is 5.00 Å². The Balaban J connectivity index is 1.92. The summed E-state index contributed by atoms with van der Waals surface area (Å²) in [6.07, 6.45) is 5.57. The predicted octanol–water partition coefficient (Wildman–Crippen LogP) is 1.25. The third kappa shape index (κ3) is 2.18. The predicted molar refractivity (Wildman–Crippen MR) is 72.9 cm³/mol. The molecule has 1 aliphatic carbocycles. The molecule has 0 aromatic carbocycles. The van der Waals surface area contributed by atoms with Crippen LogP contribution in [0, 0.1) is 0 Å². The van der Waals surface area contributed by atoms with Crippen LogP contribution < -0.4 is 10.4 Å². The van der Waals surface area contributed by atoms with Crippen LogP contribution in [-0.4, -0.2) is 16.9 Å². The number of carboxylic acids is 1. The number of carbonyl (C=O) groups is 2. The summed E-state index contributed by atoms with van der Waals surface area (Å²) in [6.45, 7) is 0. The van der Waals surface area contributed by atoms with Crippen molar-refractivity contribution < 1.29 is 14.7 Å². The minimum Gasteiger partial charge on any atom is -0.545 e. The number of hydrogen-bond acceptors (Lipinski definition) is 5. The summed E-state index contributed by atoms with van der Waals surface area (Å²) in [4.78, 5) is 28.3. The molecule has 0 atom stereocenters. The first-order valence-electron chi connectivity index (χ1n) is 6.24. The number of carbonyl (C=O) groups excluding carboxylic acids is 2. The third-order valence-corrected chi connectivity index (χ3v) is 4.48. The molecule has 0 spiro atoms. The summed E-state index contributed by atoms with van der Waals surface area (Å²) in [5, 5.41) is 14.3. The maximum absolute atomic E-state index is 12.1. The van der Waals surface area contributed by atoms with Gasteiger partial charge in [0.25, 0.3) is 5.91 Å². The first-order valence-corrected chi connectivity index (χ1v) is 7.05. The second kappa shape index (κ2) is 5.05. The van der Waals surface area contributed by atoms with Crippen LogP contribution in [0.1, 0.15) is 37.6 Å². The van der Waals surface area contributed by atoms with Crippen LogP contribution in [0.5, 0.6) is 0 Å². The van der Waals surface area contributed by atoms with E-state index < -0.39 is 5.97 Å². The molecule has 6 heteroatoms. The SMILES string of the molecule is O=C(Nc1sc2c(c1C(=O)[O-])CCC2)c1cccnc1. The minimum absolute atomic E-state index is 0.139. The molecule has 0 aliphatic heterocycles. The van der Waals surface area contributed by atoms with Crippen LogP contribution in [0.15, 0.2) is 24.5 Å². The molecule has 1 aliphatic rings. The van der Waals surface area contributed by atoms with E-state index in [1.54, 1.807) is 18.3 Å². The van der Waals surface area contributed by atoms with Gasteiger partial charge in [0.2, 0.25) is 0 Å². The van der Waals surface area contributed by atoms with Gasteiger partial charge >= 0.3 is 0 Å². The first-order chi connectivity index (χ1) is 9.66. The number of aromatic carboxylic acids is 1. The van der Waals surface area contributed by atoms with Gasteiger partial charge in [-0.1, -0.05) is 0 Å². The molecule has 0 fully saturated rings. The average Bonchev–Trinajstić information content (AvgIpc) is 2.99. The van der Waals surface area contributed by atoms with Crippen LogP contribution in [0.3, 0.4) is 0 Å². The Morgan fingerprint density at radius 3 is 2.90 bits per heavy atom. The highest BCUT2D eigenvalue weighted by molar-refractivity contribution is 7.17. The summed E-state index contributed by atoms with van der Waals surface area (Å²) in [5.74, 6) is -1.59. The molecule has 1 N–H and O–H groups in total. The molecule has 102 valence electrons. The number of aryl methyl sites for hydroxylation is 1. The average molecular weight is 287 g/mol. The van der Waals surface area contributed by atoms with Gasteiger partial charge in [0.15, 0.2) is 0 Å². The van der Waals surface area contributed by atoms with Crippen LogP contribution in [0.25, 0.3) is 0 Å². The lowest BCUT2D eigenvalue weighted by Crippen LogP contribution is -2.25. The Hall–Kier alpha value is -2.21. The standard InChI is InChI=1S/C14H12N2O3S/c17-12(8-3-2-6-15-7-8)16-13-11(14(18)19)9-4-1-5-10(9)20-13/h2-3,6-7H,1,4-5H2,(H,16,17)(H,18,19)/p-1. The number of hydrogen-bond donors (Lipinski definition) is 1. The fourth-order valence-corrected chi connectivity index (χ4v) is 3.65. The Bertz CT molecular complexity index is 679. The number of pyridine rings is 1. The summed E-state index contributed by atoms with van der Waals surface area (Å²) in [5.41, 5.74) is 1.35. The molecule has 0 unspecified atom stereocenters. The Morgan fingerprint density at radius 1 is 1.35 bits per heavy atom. The first kappa shape index (κ1) is 12.8. The van der Waals surface area contributed by atoms with Crippen LogP contribution in [0.2, 0.25) is 0 Å². The quantitative estimate of drug-likeness (QED) is 0.921. The normalized spacial score (nSPS) is 13.0. The zero-order valence-electron chi connectivity index (χ0n) is 10.5. The van der Waals surface area contributed by atoms with E-state index in [0.717, 1.165) is 29.7 Å². The molecule has 2 heterocycles. The molecule has 2 aromatic rings. The number of nitrogens with one attached hydrogen (secondary N) is 1. The molecule has 0 radical (unpaired) electrons. The fraction of sp³-hybridized carbons (Fsp3) is 0.214. The van der Waals surface area contributed by atoms with Crippen LogP contribution in [-0.2, 0) is 12.8 Å². The van der Waals surface area contributed by atoms with Crippen molar-refractivity contribution in [3.05, 3.63) is 46.1 Å². The van der Waals surface area contributed by atoms with Gasteiger partial charge in [0, 0.05) is 22.8 Å². The largest absolute Gasteiger partial charge is 0.545 e. The van der Waals surface area contributed by atoms with Crippen molar-refractivity contribution in [3.8, 4) is 0 Å². The zero-order valence-corrected chi connectivity index (χ0v) is 11.3. The van der Waals surface area contributed by atoms with Crippen molar-refractivity contribution in [1.82, 2.24) is 4.98 Å². The highest BCUT2D eigenvalue weighted by Gasteiger charge is 2.23. The summed E-state index contributed by atoms with van der Waals surface area (Å²) >= 11 is 1.33.